The van der Waals surface area contributed by atoms with Crippen LogP contribution in [0.4, 0.5) is 5.69 Å². The van der Waals surface area contributed by atoms with Gasteiger partial charge in [0.25, 0.3) is 0 Å². The monoisotopic (exact) mass is 392 g/mol. The van der Waals surface area contributed by atoms with E-state index in [-0.39, 0.29) is 30.5 Å². The molecule has 3 heterocycles. The molecule has 1 amide bonds. The van der Waals surface area contributed by atoms with Gasteiger partial charge in [0.05, 0.1) is 6.54 Å². The van der Waals surface area contributed by atoms with Crippen molar-refractivity contribution >= 4 is 24.0 Å². The quantitative estimate of drug-likeness (QED) is 0.821. The molecule has 0 unspecified atom stereocenters. The zero-order valence-electron chi connectivity index (χ0n) is 15.6. The van der Waals surface area contributed by atoms with E-state index in [4.69, 9.17) is 0 Å². The van der Waals surface area contributed by atoms with Gasteiger partial charge in [0.15, 0.2) is 0 Å². The fourth-order valence-electron chi connectivity index (χ4n) is 3.64. The summed E-state index contributed by atoms with van der Waals surface area (Å²) < 4.78 is 2.97. The van der Waals surface area contributed by atoms with Crippen molar-refractivity contribution in [2.45, 2.75) is 32.6 Å². The summed E-state index contributed by atoms with van der Waals surface area (Å²) in [6.45, 7) is 3.82. The van der Waals surface area contributed by atoms with Crippen LogP contribution in [0.3, 0.4) is 0 Å². The molecule has 2 aliphatic heterocycles. The average molecular weight is 393 g/mol. The summed E-state index contributed by atoms with van der Waals surface area (Å²) in [6, 6.07) is 6.45. The zero-order chi connectivity index (χ0) is 18.3. The van der Waals surface area contributed by atoms with Gasteiger partial charge in [0.1, 0.15) is 12.4 Å². The van der Waals surface area contributed by atoms with Crippen molar-refractivity contribution in [2.75, 3.05) is 32.5 Å². The molecule has 1 N–H and O–H groups in total. The number of carbonyl (C=O) groups excluding carboxylic acids is 1. The Hall–Kier alpha value is -2.32. The highest BCUT2D eigenvalue weighted by atomic mass is 35.5. The summed E-state index contributed by atoms with van der Waals surface area (Å²) in [5, 5.41) is 7.88. The molecular formula is C18H25ClN6O2. The lowest BCUT2D eigenvalue weighted by atomic mass is 10.1. The number of halogens is 1. The third kappa shape index (κ3) is 3.72. The number of aromatic nitrogens is 3. The van der Waals surface area contributed by atoms with Crippen LogP contribution < -0.4 is 11.0 Å². The number of fused-ring (bicyclic) bond motifs is 2. The number of likely N-dealkylation sites (N-methyl/N-ethyl adjacent to an activating group) is 1. The Morgan fingerprint density at radius 2 is 2.11 bits per heavy atom. The fourth-order valence-corrected chi connectivity index (χ4v) is 3.64. The van der Waals surface area contributed by atoms with Crippen molar-refractivity contribution < 1.29 is 4.79 Å². The first-order valence-corrected chi connectivity index (χ1v) is 8.96. The van der Waals surface area contributed by atoms with E-state index in [9.17, 15) is 9.59 Å². The molecule has 9 heteroatoms. The lowest BCUT2D eigenvalue weighted by molar-refractivity contribution is -0.129. The third-order valence-corrected chi connectivity index (χ3v) is 5.12. The van der Waals surface area contributed by atoms with Gasteiger partial charge < -0.3 is 10.2 Å². The molecule has 2 aromatic rings. The van der Waals surface area contributed by atoms with Crippen LogP contribution in [0.2, 0.25) is 0 Å². The molecule has 0 bridgehead atoms. The van der Waals surface area contributed by atoms with E-state index >= 15 is 0 Å². The second kappa shape index (κ2) is 7.74. The smallest absolute Gasteiger partial charge is 0.346 e. The van der Waals surface area contributed by atoms with E-state index in [0.29, 0.717) is 13.1 Å². The predicted octanol–water partition coefficient (Wildman–Crippen LogP) is 0.539. The third-order valence-electron chi connectivity index (χ3n) is 5.12. The molecular weight excluding hydrogens is 368 g/mol. The number of hydrogen-bond donors (Lipinski definition) is 1. The highest BCUT2D eigenvalue weighted by molar-refractivity contribution is 5.85. The highest BCUT2D eigenvalue weighted by Gasteiger charge is 2.24. The van der Waals surface area contributed by atoms with Crippen molar-refractivity contribution in [1.82, 2.24) is 24.1 Å². The maximum absolute atomic E-state index is 12.5. The van der Waals surface area contributed by atoms with Crippen LogP contribution >= 0.6 is 12.4 Å². The van der Waals surface area contributed by atoms with E-state index in [0.717, 1.165) is 31.9 Å². The summed E-state index contributed by atoms with van der Waals surface area (Å²) in [5.41, 5.74) is 3.73. The number of carbonyl (C=O) groups is 1. The van der Waals surface area contributed by atoms with Gasteiger partial charge in [0, 0.05) is 46.0 Å². The molecule has 0 radical (unpaired) electrons. The molecule has 0 saturated heterocycles. The van der Waals surface area contributed by atoms with Gasteiger partial charge in [-0.2, -0.15) is 5.10 Å². The van der Waals surface area contributed by atoms with Gasteiger partial charge >= 0.3 is 5.69 Å². The Labute approximate surface area is 164 Å². The number of hydrogen-bond acceptors (Lipinski definition) is 5. The first-order chi connectivity index (χ1) is 12.5. The number of para-hydroxylation sites is 1. The molecule has 1 aromatic carbocycles. The second-order valence-electron chi connectivity index (χ2n) is 7.13. The number of amides is 1. The molecule has 1 aromatic heterocycles. The van der Waals surface area contributed by atoms with Crippen LogP contribution in [0.1, 0.15) is 17.0 Å². The average Bonchev–Trinajstić information content (AvgIpc) is 3.21. The van der Waals surface area contributed by atoms with Gasteiger partial charge in [-0.3, -0.25) is 14.3 Å². The Morgan fingerprint density at radius 1 is 1.30 bits per heavy atom. The summed E-state index contributed by atoms with van der Waals surface area (Å²) in [7, 11) is 3.36. The molecule has 0 fully saturated rings. The Kier molecular flexibility index (Phi) is 5.57. The van der Waals surface area contributed by atoms with Crippen molar-refractivity contribution in [2.24, 2.45) is 0 Å². The number of benzene rings is 1. The predicted molar refractivity (Wildman–Crippen MR) is 105 cm³/mol. The fraction of sp³-hybridized carbons (Fsp3) is 0.500. The van der Waals surface area contributed by atoms with Crippen LogP contribution in [0, 0.1) is 0 Å². The van der Waals surface area contributed by atoms with Gasteiger partial charge in [-0.25, -0.2) is 9.48 Å². The minimum absolute atomic E-state index is 0. The molecule has 2 aliphatic rings. The molecule has 0 saturated carbocycles. The normalized spacial score (nSPS) is 15.5. The molecule has 146 valence electrons. The standard InChI is InChI=1S/C18H24N6O2.ClH/c1-21(2)16(25)12-24-18(26)23-9-8-22(11-15(23)20-24)10-14-5-3-4-13-6-7-19-17(13)14;/h3-5,19H,6-12H2,1-2H3;1H. The van der Waals surface area contributed by atoms with Crippen LogP contribution in [0.5, 0.6) is 0 Å². The van der Waals surface area contributed by atoms with Gasteiger partial charge in [-0.1, -0.05) is 18.2 Å². The van der Waals surface area contributed by atoms with Crippen molar-refractivity contribution in [3.63, 3.8) is 0 Å². The highest BCUT2D eigenvalue weighted by Crippen LogP contribution is 2.28. The van der Waals surface area contributed by atoms with Gasteiger partial charge in [-0.15, -0.1) is 12.4 Å². The summed E-state index contributed by atoms with van der Waals surface area (Å²) in [6.07, 6.45) is 1.08. The largest absolute Gasteiger partial charge is 0.384 e. The molecule has 4 rings (SSSR count). The Morgan fingerprint density at radius 3 is 2.89 bits per heavy atom. The van der Waals surface area contributed by atoms with Gasteiger partial charge in [-0.05, 0) is 17.5 Å². The SMILES string of the molecule is CN(C)C(=O)Cn1nc2n(c1=O)CCN(Cc1cccc3c1NCC3)C2.Cl. The molecule has 8 nitrogen and oxygen atoms in total. The maximum Gasteiger partial charge on any atom is 0.346 e. The van der Waals surface area contributed by atoms with E-state index in [2.05, 4.69) is 33.5 Å². The van der Waals surface area contributed by atoms with Crippen LogP contribution in [-0.4, -0.2) is 57.2 Å². The Balaban J connectivity index is 0.00000210. The lowest BCUT2D eigenvalue weighted by Gasteiger charge is -2.27. The zero-order valence-corrected chi connectivity index (χ0v) is 16.5. The molecule has 0 spiro atoms. The topological polar surface area (TPSA) is 75.4 Å². The summed E-state index contributed by atoms with van der Waals surface area (Å²) in [5.74, 6) is 0.596. The van der Waals surface area contributed by atoms with Crippen molar-refractivity contribution in [3.05, 3.63) is 45.6 Å². The van der Waals surface area contributed by atoms with E-state index in [1.54, 1.807) is 18.7 Å². The first kappa shape index (κ1) is 19.4. The van der Waals surface area contributed by atoms with Crippen LogP contribution in [0.15, 0.2) is 23.0 Å². The summed E-state index contributed by atoms with van der Waals surface area (Å²) in [4.78, 5) is 28.1. The minimum atomic E-state index is -0.197. The number of nitrogens with zero attached hydrogens (tertiary/aromatic N) is 5. The first-order valence-electron chi connectivity index (χ1n) is 8.96. The molecule has 0 atom stereocenters. The van der Waals surface area contributed by atoms with Crippen LogP contribution in [-0.2, 0) is 37.4 Å². The van der Waals surface area contributed by atoms with Crippen LogP contribution in [0.25, 0.3) is 0 Å². The minimum Gasteiger partial charge on any atom is -0.384 e. The van der Waals surface area contributed by atoms with Gasteiger partial charge in [0.2, 0.25) is 5.91 Å². The van der Waals surface area contributed by atoms with E-state index in [1.165, 1.54) is 26.4 Å². The molecule has 27 heavy (non-hydrogen) atoms. The van der Waals surface area contributed by atoms with Crippen molar-refractivity contribution in [3.8, 4) is 0 Å². The van der Waals surface area contributed by atoms with E-state index in [1.807, 2.05) is 0 Å². The van der Waals surface area contributed by atoms with E-state index < -0.39 is 0 Å². The maximum atomic E-state index is 12.5. The number of anilines is 1. The number of nitrogens with one attached hydrogen (secondary N) is 1. The number of rotatable bonds is 4. The lowest BCUT2D eigenvalue weighted by Crippen LogP contribution is -2.38. The Bertz CT molecular complexity index is 904. The summed E-state index contributed by atoms with van der Waals surface area (Å²) >= 11 is 0. The second-order valence-corrected chi connectivity index (χ2v) is 7.13. The molecule has 0 aliphatic carbocycles. The van der Waals surface area contributed by atoms with Crippen molar-refractivity contribution in [1.29, 1.82) is 0 Å².